The normalized spacial score (nSPS) is 11.1. The van der Waals surface area contributed by atoms with Crippen LogP contribution < -0.4 is 9.47 Å². The Morgan fingerprint density at radius 1 is 0.596 bits per heavy atom. The molecule has 52 heavy (non-hydrogen) atoms. The molecule has 0 atom stereocenters. The zero-order chi connectivity index (χ0) is 37.5. The Labute approximate surface area is 300 Å². The lowest BCUT2D eigenvalue weighted by atomic mass is 9.91. The maximum atomic E-state index is 12.9. The minimum Gasteiger partial charge on any atom is -0.490 e. The highest BCUT2D eigenvalue weighted by Gasteiger charge is 2.26. The first-order chi connectivity index (χ1) is 25.0. The predicted molar refractivity (Wildman–Crippen MR) is 192 cm³/mol. The quantitative estimate of drug-likeness (QED) is 0.0572. The van der Waals surface area contributed by atoms with Crippen LogP contribution in [0.4, 0.5) is 13.2 Å². The number of carbonyl (C=O) groups excluding carboxylic acids is 2. The summed E-state index contributed by atoms with van der Waals surface area (Å²) in [6, 6.07) is 28.6. The number of aliphatic hydroxyl groups is 2. The SMILES string of the molecule is C=C(CO)C(=O)OCCOc1cccc(-c2ccc(-c3ccc(-c4cccc(OCCOC(=O)C(=C)CO)c4)cc3CCCCC(F)(F)F)cc2)c1. The van der Waals surface area contributed by atoms with Gasteiger partial charge < -0.3 is 29.2 Å². The van der Waals surface area contributed by atoms with E-state index < -0.39 is 37.7 Å². The molecule has 4 rings (SSSR count). The van der Waals surface area contributed by atoms with Gasteiger partial charge in [0.15, 0.2) is 0 Å². The first kappa shape index (κ1) is 39.4. The smallest absolute Gasteiger partial charge is 0.389 e. The maximum Gasteiger partial charge on any atom is 0.389 e. The molecule has 0 fully saturated rings. The van der Waals surface area contributed by atoms with E-state index in [2.05, 4.69) is 13.2 Å². The highest BCUT2D eigenvalue weighted by Crippen LogP contribution is 2.34. The van der Waals surface area contributed by atoms with E-state index in [0.29, 0.717) is 24.3 Å². The average Bonchev–Trinajstić information content (AvgIpc) is 3.15. The highest BCUT2D eigenvalue weighted by molar-refractivity contribution is 5.88. The minimum absolute atomic E-state index is 0.00425. The van der Waals surface area contributed by atoms with Crippen LogP contribution in [0.3, 0.4) is 0 Å². The Kier molecular flexibility index (Phi) is 14.6. The lowest BCUT2D eigenvalue weighted by Crippen LogP contribution is -2.15. The summed E-state index contributed by atoms with van der Waals surface area (Å²) in [7, 11) is 0. The zero-order valence-electron chi connectivity index (χ0n) is 28.6. The van der Waals surface area contributed by atoms with Gasteiger partial charge in [0, 0.05) is 6.42 Å². The van der Waals surface area contributed by atoms with Gasteiger partial charge >= 0.3 is 18.1 Å². The Morgan fingerprint density at radius 3 is 1.60 bits per heavy atom. The van der Waals surface area contributed by atoms with E-state index in [4.69, 9.17) is 29.2 Å². The van der Waals surface area contributed by atoms with Crippen LogP contribution in [0.15, 0.2) is 115 Å². The van der Waals surface area contributed by atoms with Crippen molar-refractivity contribution in [2.75, 3.05) is 39.6 Å². The topological polar surface area (TPSA) is 112 Å². The van der Waals surface area contributed by atoms with Gasteiger partial charge in [0.05, 0.1) is 24.4 Å². The summed E-state index contributed by atoms with van der Waals surface area (Å²) in [6.45, 7) is 6.05. The highest BCUT2D eigenvalue weighted by atomic mass is 19.4. The molecule has 0 aliphatic rings. The van der Waals surface area contributed by atoms with Crippen LogP contribution in [0.25, 0.3) is 33.4 Å². The molecule has 0 radical (unpaired) electrons. The molecule has 4 aromatic carbocycles. The lowest BCUT2D eigenvalue weighted by Gasteiger charge is -2.15. The Balaban J connectivity index is 1.48. The Bertz CT molecular complexity index is 1830. The number of aliphatic hydroxyl groups excluding tert-OH is 2. The third-order valence-electron chi connectivity index (χ3n) is 7.92. The van der Waals surface area contributed by atoms with Gasteiger partial charge in [0.25, 0.3) is 0 Å². The van der Waals surface area contributed by atoms with Crippen molar-refractivity contribution in [1.82, 2.24) is 0 Å². The van der Waals surface area contributed by atoms with Crippen molar-refractivity contribution in [3.8, 4) is 44.9 Å². The second kappa shape index (κ2) is 19.3. The van der Waals surface area contributed by atoms with Gasteiger partial charge in [-0.05, 0) is 82.5 Å². The summed E-state index contributed by atoms with van der Waals surface area (Å²) in [5.74, 6) is -0.251. The summed E-state index contributed by atoms with van der Waals surface area (Å²) in [6.07, 6.45) is -4.22. The van der Waals surface area contributed by atoms with Crippen LogP contribution in [0.1, 0.15) is 24.8 Å². The largest absolute Gasteiger partial charge is 0.490 e. The van der Waals surface area contributed by atoms with Crippen LogP contribution in [-0.4, -0.2) is 68.0 Å². The minimum atomic E-state index is -4.21. The number of halogens is 3. The standard InChI is InChI=1S/C41H41F3O8/c1-28(26-45)39(47)51-21-19-49-36-10-5-8-32(24-36)30-12-14-31(15-13-30)38-17-16-34(23-35(38)7-3-4-18-41(42,43)44)33-9-6-11-37(25-33)50-20-22-52-40(48)29(2)27-46/h5-6,8-17,23-25,45-46H,1-4,7,18-22,26-27H2. The summed E-state index contributed by atoms with van der Waals surface area (Å²) < 4.78 is 60.3. The van der Waals surface area contributed by atoms with Crippen molar-refractivity contribution in [2.24, 2.45) is 0 Å². The van der Waals surface area contributed by atoms with Crippen LogP contribution in [-0.2, 0) is 25.5 Å². The van der Waals surface area contributed by atoms with E-state index in [9.17, 15) is 22.8 Å². The number of alkyl halides is 3. The van der Waals surface area contributed by atoms with Crippen molar-refractivity contribution in [3.63, 3.8) is 0 Å². The number of aryl methyl sites for hydroxylation is 1. The fraction of sp³-hybridized carbons (Fsp3) is 0.268. The summed E-state index contributed by atoms with van der Waals surface area (Å²) >= 11 is 0. The molecule has 8 nitrogen and oxygen atoms in total. The van der Waals surface area contributed by atoms with Gasteiger partial charge in [-0.1, -0.05) is 79.9 Å². The first-order valence-electron chi connectivity index (χ1n) is 16.7. The van der Waals surface area contributed by atoms with Crippen LogP contribution in [0.2, 0.25) is 0 Å². The van der Waals surface area contributed by atoms with E-state index >= 15 is 0 Å². The molecule has 0 aliphatic heterocycles. The fourth-order valence-electron chi connectivity index (χ4n) is 5.20. The number of rotatable bonds is 19. The summed E-state index contributed by atoms with van der Waals surface area (Å²) in [5.41, 5.74) is 6.19. The Hall–Kier alpha value is -5.39. The van der Waals surface area contributed by atoms with Crippen molar-refractivity contribution in [2.45, 2.75) is 31.9 Å². The van der Waals surface area contributed by atoms with E-state index in [1.807, 2.05) is 78.9 Å². The third kappa shape index (κ3) is 12.1. The number of esters is 2. The molecule has 0 saturated heterocycles. The summed E-state index contributed by atoms with van der Waals surface area (Å²) in [4.78, 5) is 23.3. The van der Waals surface area contributed by atoms with Crippen LogP contribution >= 0.6 is 0 Å². The van der Waals surface area contributed by atoms with Crippen molar-refractivity contribution < 1.29 is 51.9 Å². The van der Waals surface area contributed by atoms with Gasteiger partial charge in [-0.2, -0.15) is 13.2 Å². The molecule has 0 spiro atoms. The molecule has 0 unspecified atom stereocenters. The Morgan fingerprint density at radius 2 is 1.08 bits per heavy atom. The van der Waals surface area contributed by atoms with Crippen LogP contribution in [0.5, 0.6) is 11.5 Å². The molecular weight excluding hydrogens is 677 g/mol. The molecule has 0 aliphatic carbocycles. The average molecular weight is 719 g/mol. The van der Waals surface area contributed by atoms with Gasteiger partial charge in [-0.3, -0.25) is 0 Å². The monoisotopic (exact) mass is 718 g/mol. The van der Waals surface area contributed by atoms with E-state index in [0.717, 1.165) is 38.9 Å². The molecule has 4 aromatic rings. The lowest BCUT2D eigenvalue weighted by molar-refractivity contribution is -0.141. The second-order valence-corrected chi connectivity index (χ2v) is 11.8. The molecule has 0 heterocycles. The van der Waals surface area contributed by atoms with Crippen molar-refractivity contribution >= 4 is 11.9 Å². The molecular formula is C41H41F3O8. The number of ether oxygens (including phenoxy) is 4. The molecule has 11 heteroatoms. The maximum absolute atomic E-state index is 12.9. The molecule has 0 saturated carbocycles. The molecule has 0 amide bonds. The van der Waals surface area contributed by atoms with Gasteiger partial charge in [0.1, 0.15) is 37.9 Å². The number of hydrogen-bond donors (Lipinski definition) is 2. The second-order valence-electron chi connectivity index (χ2n) is 11.8. The number of carbonyl (C=O) groups is 2. The van der Waals surface area contributed by atoms with Crippen molar-refractivity contribution in [3.05, 3.63) is 121 Å². The molecule has 274 valence electrons. The number of unbranched alkanes of at least 4 members (excludes halogenated alkanes) is 1. The predicted octanol–water partition coefficient (Wildman–Crippen LogP) is 7.90. The van der Waals surface area contributed by atoms with E-state index in [1.165, 1.54) is 0 Å². The zero-order valence-corrected chi connectivity index (χ0v) is 28.6. The van der Waals surface area contributed by atoms with Crippen LogP contribution in [0, 0.1) is 0 Å². The van der Waals surface area contributed by atoms with E-state index in [1.54, 1.807) is 12.1 Å². The molecule has 2 N–H and O–H groups in total. The first-order valence-corrected chi connectivity index (χ1v) is 16.7. The third-order valence-corrected chi connectivity index (χ3v) is 7.92. The molecule has 0 bridgehead atoms. The van der Waals surface area contributed by atoms with E-state index in [-0.39, 0.29) is 44.0 Å². The fourth-order valence-corrected chi connectivity index (χ4v) is 5.20. The van der Waals surface area contributed by atoms with Gasteiger partial charge in [-0.15, -0.1) is 0 Å². The van der Waals surface area contributed by atoms with Gasteiger partial charge in [0.2, 0.25) is 0 Å². The number of hydrogen-bond acceptors (Lipinski definition) is 8. The molecule has 0 aromatic heterocycles. The number of benzene rings is 4. The van der Waals surface area contributed by atoms with Gasteiger partial charge in [-0.25, -0.2) is 9.59 Å². The van der Waals surface area contributed by atoms with Crippen molar-refractivity contribution in [1.29, 1.82) is 0 Å². The summed E-state index contributed by atoms with van der Waals surface area (Å²) in [5, 5.41) is 18.0.